The molecule has 6 nitrogen and oxygen atoms in total. The summed E-state index contributed by atoms with van der Waals surface area (Å²) in [5.41, 5.74) is 1.41. The Morgan fingerprint density at radius 2 is 0.964 bits per heavy atom. The van der Waals surface area contributed by atoms with Gasteiger partial charge in [-0.25, -0.2) is 0 Å². The maximum Gasteiger partial charge on any atom is 0.266 e. The monoisotopic (exact) mass is 416 g/mol. The fourth-order valence-electron chi connectivity index (χ4n) is 2.16. The highest BCUT2D eigenvalue weighted by atomic mass is 32.2. The second-order valence-corrected chi connectivity index (χ2v) is 7.63. The van der Waals surface area contributed by atoms with E-state index in [9.17, 15) is 19.2 Å². The molecule has 0 saturated carbocycles. The predicted octanol–water partition coefficient (Wildman–Crippen LogP) is 2.83. The van der Waals surface area contributed by atoms with E-state index < -0.39 is 10.2 Å². The van der Waals surface area contributed by atoms with Gasteiger partial charge in [-0.05, 0) is 24.3 Å². The number of carbonyl (C=O) groups is 4. The van der Waals surface area contributed by atoms with E-state index in [1.165, 1.54) is 9.80 Å². The van der Waals surface area contributed by atoms with E-state index >= 15 is 0 Å². The van der Waals surface area contributed by atoms with E-state index in [0.29, 0.717) is 34.9 Å². The molecule has 2 rings (SSSR count). The van der Waals surface area contributed by atoms with Crippen molar-refractivity contribution in [3.8, 4) is 0 Å². The molecule has 0 atom stereocenters. The minimum atomic E-state index is -0.741. The number of carbonyl (C=O) groups excluding carboxylic acids is 4. The average molecular weight is 417 g/mol. The van der Waals surface area contributed by atoms with Gasteiger partial charge in [-0.15, -0.1) is 0 Å². The van der Waals surface area contributed by atoms with E-state index in [-0.39, 0.29) is 23.3 Å². The molecule has 0 aliphatic heterocycles. The van der Waals surface area contributed by atoms with Crippen LogP contribution >= 0.6 is 23.5 Å². The van der Waals surface area contributed by atoms with Gasteiger partial charge in [0.25, 0.3) is 10.2 Å². The summed E-state index contributed by atoms with van der Waals surface area (Å²) in [6.07, 6.45) is 0. The highest BCUT2D eigenvalue weighted by Gasteiger charge is 2.21. The molecule has 0 fully saturated rings. The standard InChI is InChI=1S/C20H20N2O4S2/c1-21(15-9-5-3-6-10-15)17(23)13-27-19(25)20(26)28-14-18(24)22(2)16-11-7-4-8-12-16/h3-12H,13-14H2,1-2H3. The van der Waals surface area contributed by atoms with Crippen LogP contribution in [0.25, 0.3) is 0 Å². The molecule has 146 valence electrons. The molecule has 0 N–H and O–H groups in total. The molecular formula is C20H20N2O4S2. The smallest absolute Gasteiger partial charge is 0.266 e. The van der Waals surface area contributed by atoms with Gasteiger partial charge in [-0.1, -0.05) is 59.9 Å². The first kappa shape index (κ1) is 21.7. The molecule has 2 aromatic carbocycles. The molecule has 0 saturated heterocycles. The summed E-state index contributed by atoms with van der Waals surface area (Å²) >= 11 is 1.29. The molecule has 28 heavy (non-hydrogen) atoms. The predicted molar refractivity (Wildman–Crippen MR) is 115 cm³/mol. The summed E-state index contributed by atoms with van der Waals surface area (Å²) in [6.45, 7) is 0. The van der Waals surface area contributed by atoms with Gasteiger partial charge in [0.15, 0.2) is 0 Å². The van der Waals surface area contributed by atoms with Gasteiger partial charge in [0, 0.05) is 25.5 Å². The Bertz CT molecular complexity index is 772. The largest absolute Gasteiger partial charge is 0.315 e. The average Bonchev–Trinajstić information content (AvgIpc) is 2.75. The van der Waals surface area contributed by atoms with Crippen molar-refractivity contribution >= 4 is 56.9 Å². The lowest BCUT2D eigenvalue weighted by Crippen LogP contribution is -2.29. The van der Waals surface area contributed by atoms with Gasteiger partial charge in [-0.2, -0.15) is 0 Å². The number of rotatable bonds is 6. The topological polar surface area (TPSA) is 74.8 Å². The molecule has 0 heterocycles. The summed E-state index contributed by atoms with van der Waals surface area (Å²) in [4.78, 5) is 51.1. The van der Waals surface area contributed by atoms with Crippen LogP contribution in [0.5, 0.6) is 0 Å². The summed E-state index contributed by atoms with van der Waals surface area (Å²) in [6, 6.07) is 18.0. The van der Waals surface area contributed by atoms with Crippen LogP contribution in [0.2, 0.25) is 0 Å². The molecule has 2 aromatic rings. The zero-order valence-corrected chi connectivity index (χ0v) is 17.2. The molecule has 0 aliphatic carbocycles. The Kier molecular flexibility index (Phi) is 8.28. The number of hydrogen-bond acceptors (Lipinski definition) is 6. The number of benzene rings is 2. The van der Waals surface area contributed by atoms with Crippen molar-refractivity contribution in [1.82, 2.24) is 0 Å². The first-order valence-corrected chi connectivity index (χ1v) is 10.3. The van der Waals surface area contributed by atoms with Crippen molar-refractivity contribution in [3.05, 3.63) is 60.7 Å². The van der Waals surface area contributed by atoms with E-state index in [1.807, 2.05) is 12.1 Å². The van der Waals surface area contributed by atoms with E-state index in [0.717, 1.165) is 0 Å². The number of hydrogen-bond donors (Lipinski definition) is 0. The molecule has 8 heteroatoms. The highest BCUT2D eigenvalue weighted by molar-refractivity contribution is 8.25. The van der Waals surface area contributed by atoms with Crippen molar-refractivity contribution in [1.29, 1.82) is 0 Å². The fourth-order valence-corrected chi connectivity index (χ4v) is 3.64. The lowest BCUT2D eigenvalue weighted by Gasteiger charge is -2.17. The third-order valence-corrected chi connectivity index (χ3v) is 5.66. The van der Waals surface area contributed by atoms with Gasteiger partial charge < -0.3 is 9.80 Å². The lowest BCUT2D eigenvalue weighted by molar-refractivity contribution is -0.126. The second-order valence-electron chi connectivity index (χ2n) is 5.73. The van der Waals surface area contributed by atoms with Crippen molar-refractivity contribution in [2.75, 3.05) is 35.4 Å². The first-order valence-electron chi connectivity index (χ1n) is 8.37. The number of amides is 2. The number of nitrogens with zero attached hydrogens (tertiary/aromatic N) is 2. The minimum Gasteiger partial charge on any atom is -0.315 e. The SMILES string of the molecule is CN(C(=O)CSC(=O)C(=O)SCC(=O)N(C)c1ccccc1)c1ccccc1. The highest BCUT2D eigenvalue weighted by Crippen LogP contribution is 2.17. The van der Waals surface area contributed by atoms with Crippen LogP contribution in [0, 0.1) is 0 Å². The van der Waals surface area contributed by atoms with Crippen LogP contribution in [-0.4, -0.2) is 47.6 Å². The van der Waals surface area contributed by atoms with Crippen LogP contribution in [0.1, 0.15) is 0 Å². The summed E-state index contributed by atoms with van der Waals surface area (Å²) in [5.74, 6) is -0.868. The summed E-state index contributed by atoms with van der Waals surface area (Å²) < 4.78 is 0. The first-order chi connectivity index (χ1) is 13.4. The fraction of sp³-hybridized carbons (Fsp3) is 0.200. The molecule has 2 amide bonds. The van der Waals surface area contributed by atoms with Crippen molar-refractivity contribution < 1.29 is 19.2 Å². The minimum absolute atomic E-state index is 0.144. The molecule has 0 unspecified atom stereocenters. The van der Waals surface area contributed by atoms with Crippen molar-refractivity contribution in [2.45, 2.75) is 0 Å². The van der Waals surface area contributed by atoms with Gasteiger partial charge in [0.2, 0.25) is 11.8 Å². The Morgan fingerprint density at radius 1 is 0.643 bits per heavy atom. The third-order valence-electron chi connectivity index (χ3n) is 3.86. The molecular weight excluding hydrogens is 396 g/mol. The zero-order chi connectivity index (χ0) is 20.5. The zero-order valence-electron chi connectivity index (χ0n) is 15.5. The Labute approximate surface area is 172 Å². The van der Waals surface area contributed by atoms with Crippen LogP contribution in [0.4, 0.5) is 11.4 Å². The van der Waals surface area contributed by atoms with Crippen LogP contribution in [-0.2, 0) is 19.2 Å². The summed E-state index contributed by atoms with van der Waals surface area (Å²) in [5, 5.41) is -1.48. The van der Waals surface area contributed by atoms with Gasteiger partial charge in [0.05, 0.1) is 11.5 Å². The maximum absolute atomic E-state index is 12.2. The van der Waals surface area contributed by atoms with Gasteiger partial charge >= 0.3 is 0 Å². The molecule has 0 bridgehead atoms. The van der Waals surface area contributed by atoms with E-state index in [2.05, 4.69) is 0 Å². The van der Waals surface area contributed by atoms with Crippen LogP contribution < -0.4 is 9.80 Å². The molecule has 0 aliphatic rings. The normalized spacial score (nSPS) is 10.2. The lowest BCUT2D eigenvalue weighted by atomic mass is 10.3. The quantitative estimate of drug-likeness (QED) is 0.674. The number of anilines is 2. The van der Waals surface area contributed by atoms with Crippen LogP contribution in [0.15, 0.2) is 60.7 Å². The Morgan fingerprint density at radius 3 is 1.29 bits per heavy atom. The van der Waals surface area contributed by atoms with Crippen molar-refractivity contribution in [2.24, 2.45) is 0 Å². The molecule has 0 aromatic heterocycles. The number of thioether (sulfide) groups is 2. The molecule has 0 radical (unpaired) electrons. The van der Waals surface area contributed by atoms with E-state index in [1.54, 1.807) is 62.6 Å². The summed E-state index contributed by atoms with van der Waals surface area (Å²) in [7, 11) is 3.22. The molecule has 0 spiro atoms. The Balaban J connectivity index is 1.77. The van der Waals surface area contributed by atoms with Crippen molar-refractivity contribution in [3.63, 3.8) is 0 Å². The van der Waals surface area contributed by atoms with Gasteiger partial charge in [-0.3, -0.25) is 19.2 Å². The number of para-hydroxylation sites is 2. The third kappa shape index (κ3) is 6.24. The second kappa shape index (κ2) is 10.7. The Hall–Kier alpha value is -2.58. The maximum atomic E-state index is 12.2. The van der Waals surface area contributed by atoms with Gasteiger partial charge in [0.1, 0.15) is 0 Å². The van der Waals surface area contributed by atoms with E-state index in [4.69, 9.17) is 0 Å². The van der Waals surface area contributed by atoms with Crippen LogP contribution in [0.3, 0.4) is 0 Å².